The van der Waals surface area contributed by atoms with E-state index in [-0.39, 0.29) is 17.3 Å². The molecule has 0 aromatic heterocycles. The lowest BCUT2D eigenvalue weighted by Crippen LogP contribution is -2.25. The molecule has 0 bridgehead atoms. The average molecular weight is 408 g/mol. The zero-order chi connectivity index (χ0) is 20.4. The average Bonchev–Trinajstić information content (AvgIpc) is 2.70. The van der Waals surface area contributed by atoms with Crippen LogP contribution in [0.15, 0.2) is 71.6 Å². The fourth-order valence-electron chi connectivity index (χ4n) is 2.37. The molecule has 2 aromatic rings. The molecule has 28 heavy (non-hydrogen) atoms. The number of aliphatic hydroxyl groups excluding tert-OH is 1. The normalized spacial score (nSPS) is 14.1. The third-order valence-corrected chi connectivity index (χ3v) is 5.35. The van der Waals surface area contributed by atoms with E-state index < -0.39 is 22.3 Å². The first-order chi connectivity index (χ1) is 13.4. The summed E-state index contributed by atoms with van der Waals surface area (Å²) in [5.41, 5.74) is 0. The van der Waals surface area contributed by atoms with E-state index >= 15 is 0 Å². The highest BCUT2D eigenvalue weighted by Gasteiger charge is 2.22. The van der Waals surface area contributed by atoms with Crippen LogP contribution in [0.3, 0.4) is 0 Å². The van der Waals surface area contributed by atoms with Gasteiger partial charge in [0.1, 0.15) is 24.3 Å². The highest BCUT2D eigenvalue weighted by atomic mass is 32.2. The molecular weight excluding hydrogens is 383 g/mol. The van der Waals surface area contributed by atoms with Crippen molar-refractivity contribution in [2.45, 2.75) is 43.3 Å². The summed E-state index contributed by atoms with van der Waals surface area (Å²) in [5, 5.41) is 9.56. The summed E-state index contributed by atoms with van der Waals surface area (Å²) >= 11 is 0. The molecule has 0 aliphatic rings. The minimum absolute atomic E-state index is 0.0120. The molecule has 0 radical (unpaired) electrons. The van der Waals surface area contributed by atoms with Crippen molar-refractivity contribution in [1.29, 1.82) is 0 Å². The molecule has 0 aliphatic carbocycles. The second-order valence-electron chi connectivity index (χ2n) is 6.23. The van der Waals surface area contributed by atoms with Crippen molar-refractivity contribution in [2.75, 3.05) is 6.61 Å². The van der Waals surface area contributed by atoms with Gasteiger partial charge in [-0.25, -0.2) is 4.39 Å². The van der Waals surface area contributed by atoms with Crippen molar-refractivity contribution < 1.29 is 26.8 Å². The molecule has 0 fully saturated rings. The van der Waals surface area contributed by atoms with Gasteiger partial charge in [-0.15, -0.1) is 0 Å². The SMILES string of the molecule is CCC(O)/C=C/CC[C@H](COc1ccc(F)cc1)OS(=O)(=O)c1ccccc1. The number of allylic oxidation sites excluding steroid dienone is 1. The zero-order valence-corrected chi connectivity index (χ0v) is 16.5. The topological polar surface area (TPSA) is 72.8 Å². The Hall–Kier alpha value is -2.22. The summed E-state index contributed by atoms with van der Waals surface area (Å²) < 4.78 is 49.0. The van der Waals surface area contributed by atoms with Crippen LogP contribution in [0, 0.1) is 5.82 Å². The highest BCUT2D eigenvalue weighted by Crippen LogP contribution is 2.18. The van der Waals surface area contributed by atoms with Gasteiger partial charge < -0.3 is 9.84 Å². The second kappa shape index (κ2) is 10.9. The number of hydrogen-bond acceptors (Lipinski definition) is 5. The molecule has 2 aromatic carbocycles. The van der Waals surface area contributed by atoms with Crippen molar-refractivity contribution in [3.63, 3.8) is 0 Å². The van der Waals surface area contributed by atoms with Crippen LogP contribution in [-0.2, 0) is 14.3 Å². The van der Waals surface area contributed by atoms with Crippen molar-refractivity contribution >= 4 is 10.1 Å². The fraction of sp³-hybridized carbons (Fsp3) is 0.333. The van der Waals surface area contributed by atoms with Crippen LogP contribution in [0.1, 0.15) is 26.2 Å². The Morgan fingerprint density at radius 1 is 1.11 bits per heavy atom. The van der Waals surface area contributed by atoms with Gasteiger partial charge in [-0.3, -0.25) is 4.18 Å². The van der Waals surface area contributed by atoms with Gasteiger partial charge in [-0.05, 0) is 55.7 Å². The predicted molar refractivity (Wildman–Crippen MR) is 105 cm³/mol. The molecule has 0 heterocycles. The standard InChI is InChI=1S/C21H25FO5S/c1-2-18(23)8-6-7-9-20(16-26-19-14-12-17(22)13-15-19)27-28(24,25)21-10-4-3-5-11-21/h3-6,8,10-15,18,20,23H,2,7,9,16H2,1H3/b8-6+/t18?,20-/m1/s1. The Morgan fingerprint density at radius 2 is 1.79 bits per heavy atom. The Bertz CT molecular complexity index is 835. The van der Waals surface area contributed by atoms with Gasteiger partial charge in [-0.1, -0.05) is 37.3 Å². The van der Waals surface area contributed by atoms with Gasteiger partial charge >= 0.3 is 0 Å². The van der Waals surface area contributed by atoms with Crippen LogP contribution in [0.5, 0.6) is 5.75 Å². The minimum atomic E-state index is -3.94. The third-order valence-electron chi connectivity index (χ3n) is 3.98. The third kappa shape index (κ3) is 7.42. The van der Waals surface area contributed by atoms with Crippen molar-refractivity contribution in [3.8, 4) is 5.75 Å². The number of rotatable bonds is 11. The first-order valence-electron chi connectivity index (χ1n) is 9.12. The zero-order valence-electron chi connectivity index (χ0n) is 15.7. The molecule has 1 N–H and O–H groups in total. The molecule has 0 aliphatic heterocycles. The highest BCUT2D eigenvalue weighted by molar-refractivity contribution is 7.86. The van der Waals surface area contributed by atoms with E-state index in [1.54, 1.807) is 30.4 Å². The predicted octanol–water partition coefficient (Wildman–Crippen LogP) is 4.09. The van der Waals surface area contributed by atoms with Crippen molar-refractivity contribution in [2.24, 2.45) is 0 Å². The van der Waals surface area contributed by atoms with E-state index in [0.29, 0.717) is 25.0 Å². The van der Waals surface area contributed by atoms with E-state index in [9.17, 15) is 17.9 Å². The molecule has 0 amide bonds. The summed E-state index contributed by atoms with van der Waals surface area (Å²) in [6.07, 6.45) is 3.69. The summed E-state index contributed by atoms with van der Waals surface area (Å²) in [6, 6.07) is 13.4. The van der Waals surface area contributed by atoms with E-state index in [1.807, 2.05) is 6.92 Å². The minimum Gasteiger partial charge on any atom is -0.491 e. The van der Waals surface area contributed by atoms with Gasteiger partial charge in [0.05, 0.1) is 11.0 Å². The number of halogens is 1. The van der Waals surface area contributed by atoms with E-state index in [4.69, 9.17) is 8.92 Å². The smallest absolute Gasteiger partial charge is 0.297 e. The lowest BCUT2D eigenvalue weighted by Gasteiger charge is -2.18. The van der Waals surface area contributed by atoms with Crippen LogP contribution < -0.4 is 4.74 Å². The maximum Gasteiger partial charge on any atom is 0.297 e. The number of aliphatic hydroxyl groups is 1. The largest absolute Gasteiger partial charge is 0.491 e. The van der Waals surface area contributed by atoms with Crippen LogP contribution in [0.2, 0.25) is 0 Å². The number of benzene rings is 2. The van der Waals surface area contributed by atoms with Crippen LogP contribution in [-0.4, -0.2) is 32.3 Å². The van der Waals surface area contributed by atoms with Crippen LogP contribution in [0.4, 0.5) is 4.39 Å². The molecule has 7 heteroatoms. The Labute approximate surface area is 165 Å². The Morgan fingerprint density at radius 3 is 2.43 bits per heavy atom. The summed E-state index contributed by atoms with van der Waals surface area (Å²) in [7, 11) is -3.94. The van der Waals surface area contributed by atoms with Crippen molar-refractivity contribution in [1.82, 2.24) is 0 Å². The lowest BCUT2D eigenvalue weighted by atomic mass is 10.1. The van der Waals surface area contributed by atoms with Gasteiger partial charge in [-0.2, -0.15) is 8.42 Å². The van der Waals surface area contributed by atoms with Gasteiger partial charge in [0, 0.05) is 0 Å². The summed E-state index contributed by atoms with van der Waals surface area (Å²) in [6.45, 7) is 1.85. The molecule has 1 unspecified atom stereocenters. The summed E-state index contributed by atoms with van der Waals surface area (Å²) in [4.78, 5) is 0.0683. The second-order valence-corrected chi connectivity index (χ2v) is 7.80. The number of hydrogen-bond donors (Lipinski definition) is 1. The van der Waals surface area contributed by atoms with Gasteiger partial charge in [0.15, 0.2) is 0 Å². The van der Waals surface area contributed by atoms with Crippen LogP contribution >= 0.6 is 0 Å². The molecule has 0 spiro atoms. The number of ether oxygens (including phenoxy) is 1. The quantitative estimate of drug-likeness (QED) is 0.448. The van der Waals surface area contributed by atoms with E-state index in [1.165, 1.54) is 36.4 Å². The molecule has 2 atom stereocenters. The van der Waals surface area contributed by atoms with Gasteiger partial charge in [0.25, 0.3) is 10.1 Å². The van der Waals surface area contributed by atoms with Crippen molar-refractivity contribution in [3.05, 3.63) is 72.6 Å². The molecule has 2 rings (SSSR count). The lowest BCUT2D eigenvalue weighted by molar-refractivity contribution is 0.127. The summed E-state index contributed by atoms with van der Waals surface area (Å²) in [5.74, 6) is 0.0375. The molecule has 0 saturated carbocycles. The molecular formula is C21H25FO5S. The monoisotopic (exact) mass is 408 g/mol. The fourth-order valence-corrected chi connectivity index (χ4v) is 3.48. The van der Waals surface area contributed by atoms with Crippen LogP contribution in [0.25, 0.3) is 0 Å². The molecule has 152 valence electrons. The first-order valence-corrected chi connectivity index (χ1v) is 10.5. The maximum absolute atomic E-state index is 13.0. The van der Waals surface area contributed by atoms with E-state index in [2.05, 4.69) is 0 Å². The van der Waals surface area contributed by atoms with Gasteiger partial charge in [0.2, 0.25) is 0 Å². The maximum atomic E-state index is 13.0. The van der Waals surface area contributed by atoms with E-state index in [0.717, 1.165) is 0 Å². The molecule has 0 saturated heterocycles. The first kappa shape index (κ1) is 22.1. The Balaban J connectivity index is 2.04. The molecule has 5 nitrogen and oxygen atoms in total. The Kier molecular flexibility index (Phi) is 8.63.